The summed E-state index contributed by atoms with van der Waals surface area (Å²) in [5.41, 5.74) is -0.663. The summed E-state index contributed by atoms with van der Waals surface area (Å²) in [6, 6.07) is 3.38. The van der Waals surface area contributed by atoms with Crippen molar-refractivity contribution >= 4 is 23.8 Å². The monoisotopic (exact) mass is 376 g/mol. The van der Waals surface area contributed by atoms with Gasteiger partial charge in [0.25, 0.3) is 0 Å². The molecule has 1 aliphatic heterocycles. The van der Waals surface area contributed by atoms with Gasteiger partial charge >= 0.3 is 12.2 Å². The highest BCUT2D eigenvalue weighted by Crippen LogP contribution is 2.34. The Kier molecular flexibility index (Phi) is 6.41. The minimum Gasteiger partial charge on any atom is -0.465 e. The van der Waals surface area contributed by atoms with Crippen LogP contribution >= 0.6 is 11.6 Å². The largest absolute Gasteiger partial charge is 0.465 e. The Hall–Kier alpha value is -2.09. The van der Waals surface area contributed by atoms with Crippen LogP contribution in [0.15, 0.2) is 18.2 Å². The third-order valence-corrected chi connectivity index (χ3v) is 4.48. The van der Waals surface area contributed by atoms with Gasteiger partial charge in [0, 0.05) is 19.0 Å². The van der Waals surface area contributed by atoms with Gasteiger partial charge in [-0.3, -0.25) is 0 Å². The number of likely N-dealkylation sites (tertiary alicyclic amines) is 1. The topological polar surface area (TPSA) is 78.9 Å². The molecular formula is C16H19ClF2N2O4. The molecule has 1 aromatic carbocycles. The predicted octanol–water partition coefficient (Wildman–Crippen LogP) is 3.29. The lowest BCUT2D eigenvalue weighted by atomic mass is 9.81. The lowest BCUT2D eigenvalue weighted by Crippen LogP contribution is -2.54. The van der Waals surface area contributed by atoms with Crippen LogP contribution in [0.3, 0.4) is 0 Å². The lowest BCUT2D eigenvalue weighted by molar-refractivity contribution is 0.0934. The number of nitrogens with one attached hydrogen (secondary N) is 1. The number of hydrogen-bond acceptors (Lipinski definition) is 3. The zero-order valence-electron chi connectivity index (χ0n) is 13.4. The van der Waals surface area contributed by atoms with Crippen molar-refractivity contribution in [1.29, 1.82) is 0 Å². The van der Waals surface area contributed by atoms with Crippen LogP contribution < -0.4 is 5.32 Å². The van der Waals surface area contributed by atoms with Gasteiger partial charge in [-0.05, 0) is 37.0 Å². The highest BCUT2D eigenvalue weighted by molar-refractivity contribution is 6.17. The first-order chi connectivity index (χ1) is 11.9. The number of alkyl carbamates (subject to hydrolysis) is 1. The van der Waals surface area contributed by atoms with E-state index in [-0.39, 0.29) is 32.5 Å². The molecule has 0 aliphatic carbocycles. The Balaban J connectivity index is 2.21. The lowest BCUT2D eigenvalue weighted by Gasteiger charge is -2.41. The summed E-state index contributed by atoms with van der Waals surface area (Å²) in [5, 5.41) is 11.8. The first-order valence-corrected chi connectivity index (χ1v) is 8.36. The molecule has 2 N–H and O–H groups in total. The van der Waals surface area contributed by atoms with Crippen molar-refractivity contribution in [2.75, 3.05) is 25.6 Å². The molecule has 1 fully saturated rings. The van der Waals surface area contributed by atoms with Crippen molar-refractivity contribution in [3.8, 4) is 0 Å². The van der Waals surface area contributed by atoms with Crippen molar-refractivity contribution in [2.45, 2.75) is 24.8 Å². The van der Waals surface area contributed by atoms with Crippen LogP contribution in [0.5, 0.6) is 0 Å². The first-order valence-electron chi connectivity index (χ1n) is 7.82. The summed E-state index contributed by atoms with van der Waals surface area (Å²) < 4.78 is 31.9. The fourth-order valence-electron chi connectivity index (χ4n) is 2.81. The van der Waals surface area contributed by atoms with E-state index in [1.165, 1.54) is 11.0 Å². The number of carbonyl (C=O) groups is 2. The quantitative estimate of drug-likeness (QED) is 0.610. The molecule has 0 radical (unpaired) electrons. The number of benzene rings is 1. The second-order valence-corrected chi connectivity index (χ2v) is 6.16. The second-order valence-electron chi connectivity index (χ2n) is 5.78. The third kappa shape index (κ3) is 4.72. The summed E-state index contributed by atoms with van der Waals surface area (Å²) in [5.74, 6) is -1.68. The summed E-state index contributed by atoms with van der Waals surface area (Å²) in [4.78, 5) is 24.4. The van der Waals surface area contributed by atoms with Gasteiger partial charge in [0.15, 0.2) is 11.6 Å². The first kappa shape index (κ1) is 19.2. The second kappa shape index (κ2) is 8.33. The molecule has 2 amide bonds. The van der Waals surface area contributed by atoms with Crippen molar-refractivity contribution in [2.24, 2.45) is 0 Å². The number of amides is 2. The zero-order chi connectivity index (χ0) is 18.4. The Morgan fingerprint density at radius 1 is 1.28 bits per heavy atom. The molecule has 2 rings (SSSR count). The van der Waals surface area contributed by atoms with Crippen molar-refractivity contribution in [1.82, 2.24) is 10.2 Å². The number of nitrogens with zero attached hydrogens (tertiary/aromatic N) is 1. The summed E-state index contributed by atoms with van der Waals surface area (Å²) in [6.45, 7) is 0.428. The van der Waals surface area contributed by atoms with Crippen LogP contribution in [0.1, 0.15) is 24.8 Å². The molecule has 0 bridgehead atoms. The van der Waals surface area contributed by atoms with E-state index in [4.69, 9.17) is 21.4 Å². The fourth-order valence-corrected chi connectivity index (χ4v) is 2.92. The normalized spacial score (nSPS) is 16.4. The fraction of sp³-hybridized carbons (Fsp3) is 0.500. The Morgan fingerprint density at radius 3 is 2.52 bits per heavy atom. The summed E-state index contributed by atoms with van der Waals surface area (Å²) >= 11 is 5.53. The molecule has 1 aromatic rings. The predicted molar refractivity (Wildman–Crippen MR) is 86.7 cm³/mol. The van der Waals surface area contributed by atoms with E-state index >= 15 is 0 Å². The van der Waals surface area contributed by atoms with Crippen LogP contribution in [0, 0.1) is 11.6 Å². The number of rotatable bonds is 5. The molecular weight excluding hydrogens is 358 g/mol. The number of halogens is 3. The standard InChI is InChI=1S/C16H19ClF2N2O4/c17-6-1-9-25-14(22)20-16(4-7-21(8-5-16)15(23)24)11-2-3-12(18)13(19)10-11/h2-3,10H,1,4-9H2,(H,20,22)(H,23,24). The van der Waals surface area contributed by atoms with Crippen molar-refractivity contribution in [3.05, 3.63) is 35.4 Å². The number of carboxylic acid groups (broad SMARTS) is 1. The van der Waals surface area contributed by atoms with Gasteiger partial charge in [-0.2, -0.15) is 0 Å². The van der Waals surface area contributed by atoms with Crippen LogP contribution in [0.2, 0.25) is 0 Å². The average molecular weight is 377 g/mol. The van der Waals surface area contributed by atoms with Crippen LogP contribution in [0.4, 0.5) is 18.4 Å². The van der Waals surface area contributed by atoms with Gasteiger partial charge in [-0.1, -0.05) is 6.07 Å². The smallest absolute Gasteiger partial charge is 0.407 e. The van der Waals surface area contributed by atoms with Crippen LogP contribution in [0.25, 0.3) is 0 Å². The van der Waals surface area contributed by atoms with Crippen LogP contribution in [-0.2, 0) is 10.3 Å². The van der Waals surface area contributed by atoms with E-state index in [1.807, 2.05) is 0 Å². The number of hydrogen-bond donors (Lipinski definition) is 2. The maximum atomic E-state index is 13.7. The SMILES string of the molecule is O=C(NC1(c2ccc(F)c(F)c2)CCN(C(=O)O)CC1)OCCCCl. The minimum absolute atomic E-state index is 0.129. The average Bonchev–Trinajstić information content (AvgIpc) is 2.58. The van der Waals surface area contributed by atoms with E-state index in [2.05, 4.69) is 5.32 Å². The summed E-state index contributed by atoms with van der Waals surface area (Å²) in [7, 11) is 0. The van der Waals surface area contributed by atoms with Gasteiger partial charge in [-0.15, -0.1) is 11.6 Å². The Labute approximate surface area is 148 Å². The Bertz CT molecular complexity index is 637. The third-order valence-electron chi connectivity index (χ3n) is 4.21. The molecule has 0 saturated carbocycles. The minimum atomic E-state index is -1.07. The molecule has 9 heteroatoms. The maximum Gasteiger partial charge on any atom is 0.407 e. The van der Waals surface area contributed by atoms with E-state index in [0.717, 1.165) is 12.1 Å². The van der Waals surface area contributed by atoms with E-state index in [9.17, 15) is 18.4 Å². The molecule has 138 valence electrons. The van der Waals surface area contributed by atoms with E-state index in [1.54, 1.807) is 0 Å². The van der Waals surface area contributed by atoms with Crippen molar-refractivity contribution in [3.63, 3.8) is 0 Å². The van der Waals surface area contributed by atoms with E-state index < -0.39 is 29.4 Å². The molecule has 1 aliphatic rings. The molecule has 0 aromatic heterocycles. The molecule has 25 heavy (non-hydrogen) atoms. The van der Waals surface area contributed by atoms with Crippen molar-refractivity contribution < 1.29 is 28.2 Å². The van der Waals surface area contributed by atoms with E-state index in [0.29, 0.717) is 17.9 Å². The van der Waals surface area contributed by atoms with Gasteiger partial charge in [0.05, 0.1) is 12.1 Å². The van der Waals surface area contributed by atoms with Gasteiger partial charge in [0.1, 0.15) is 0 Å². The van der Waals surface area contributed by atoms with Gasteiger partial charge in [-0.25, -0.2) is 18.4 Å². The number of alkyl halides is 1. The molecule has 1 heterocycles. The van der Waals surface area contributed by atoms with Gasteiger partial charge < -0.3 is 20.1 Å². The highest BCUT2D eigenvalue weighted by atomic mass is 35.5. The molecule has 1 saturated heterocycles. The van der Waals surface area contributed by atoms with Gasteiger partial charge in [0.2, 0.25) is 0 Å². The maximum absolute atomic E-state index is 13.7. The zero-order valence-corrected chi connectivity index (χ0v) is 14.2. The number of piperidine rings is 1. The molecule has 0 atom stereocenters. The molecule has 0 unspecified atom stereocenters. The van der Waals surface area contributed by atoms with Crippen LogP contribution in [-0.4, -0.2) is 47.8 Å². The Morgan fingerprint density at radius 2 is 1.96 bits per heavy atom. The molecule has 6 nitrogen and oxygen atoms in total. The molecule has 0 spiro atoms. The number of ether oxygens (including phenoxy) is 1. The summed E-state index contributed by atoms with van der Waals surface area (Å²) in [6.07, 6.45) is -0.855. The number of carbonyl (C=O) groups excluding carboxylic acids is 1. The highest BCUT2D eigenvalue weighted by Gasteiger charge is 2.39.